The van der Waals surface area contributed by atoms with Crippen LogP contribution < -0.4 is 30.2 Å². The molecule has 10 heteroatoms. The molecule has 0 bridgehead atoms. The second-order valence-corrected chi connectivity index (χ2v) is 8.63. The van der Waals surface area contributed by atoms with Crippen molar-refractivity contribution >= 4 is 39.8 Å². The molecule has 4 aromatic rings. The quantitative estimate of drug-likeness (QED) is 0.212. The van der Waals surface area contributed by atoms with E-state index in [9.17, 15) is 4.79 Å². The fourth-order valence-electron chi connectivity index (χ4n) is 4.00. The van der Waals surface area contributed by atoms with Gasteiger partial charge in [-0.15, -0.1) is 0 Å². The van der Waals surface area contributed by atoms with Gasteiger partial charge in [0.1, 0.15) is 24.5 Å². The van der Waals surface area contributed by atoms with E-state index in [1.807, 2.05) is 36.4 Å². The molecule has 3 N–H and O–H groups in total. The maximum Gasteiger partial charge on any atom is 0.323 e. The molecular weight excluding hydrogens is 496 g/mol. The van der Waals surface area contributed by atoms with Gasteiger partial charge in [0, 0.05) is 35.1 Å². The first-order valence-electron chi connectivity index (χ1n) is 12.8. The van der Waals surface area contributed by atoms with Gasteiger partial charge in [-0.2, -0.15) is 0 Å². The minimum Gasteiger partial charge on any atom is -0.497 e. The number of hydrogen-bond donors (Lipinski definition) is 3. The van der Waals surface area contributed by atoms with Crippen LogP contribution in [-0.4, -0.2) is 61.4 Å². The van der Waals surface area contributed by atoms with Gasteiger partial charge in [-0.1, -0.05) is 13.8 Å². The van der Waals surface area contributed by atoms with E-state index in [-0.39, 0.29) is 6.03 Å². The van der Waals surface area contributed by atoms with E-state index in [2.05, 4.69) is 44.7 Å². The highest BCUT2D eigenvalue weighted by Crippen LogP contribution is 2.34. The average Bonchev–Trinajstić information content (AvgIpc) is 2.96. The molecule has 0 aliphatic carbocycles. The molecule has 10 nitrogen and oxygen atoms in total. The first kappa shape index (κ1) is 27.5. The molecule has 0 saturated carbocycles. The van der Waals surface area contributed by atoms with Gasteiger partial charge < -0.3 is 35.1 Å². The Morgan fingerprint density at radius 2 is 1.46 bits per heavy atom. The summed E-state index contributed by atoms with van der Waals surface area (Å²) in [6.45, 7) is 7.61. The standard InChI is InChI=1S/C29H34N6O4/c1-5-35(6-2)15-16-39-27-18-25-24(17-26(27)38-4)28(31-19-30-25)32-20-7-9-21(10-8-20)33-29(36)34-22-11-13-23(37-3)14-12-22/h7-14,17-19H,5-6,15-16H2,1-4H3,(H,30,31,32)(H2,33,34,36). The van der Waals surface area contributed by atoms with Crippen LogP contribution in [-0.2, 0) is 0 Å². The van der Waals surface area contributed by atoms with Crippen LogP contribution in [0.1, 0.15) is 13.8 Å². The van der Waals surface area contributed by atoms with Gasteiger partial charge in [-0.3, -0.25) is 0 Å². The Morgan fingerprint density at radius 3 is 2.08 bits per heavy atom. The molecule has 0 atom stereocenters. The molecule has 0 unspecified atom stereocenters. The van der Waals surface area contributed by atoms with Crippen molar-refractivity contribution in [2.45, 2.75) is 13.8 Å². The largest absolute Gasteiger partial charge is 0.497 e. The fourth-order valence-corrected chi connectivity index (χ4v) is 4.00. The molecule has 0 aliphatic heterocycles. The molecule has 0 aliphatic rings. The number of anilines is 4. The first-order chi connectivity index (χ1) is 19.0. The number of ether oxygens (including phenoxy) is 3. The predicted octanol–water partition coefficient (Wildman–Crippen LogP) is 5.76. The Morgan fingerprint density at radius 1 is 0.821 bits per heavy atom. The SMILES string of the molecule is CCN(CC)CCOc1cc2ncnc(Nc3ccc(NC(=O)Nc4ccc(OC)cc4)cc3)c2cc1OC. The number of nitrogens with one attached hydrogen (secondary N) is 3. The van der Waals surface area contributed by atoms with Crippen molar-refractivity contribution in [1.82, 2.24) is 14.9 Å². The number of likely N-dealkylation sites (N-methyl/N-ethyl adjacent to an activating group) is 1. The van der Waals surface area contributed by atoms with Gasteiger partial charge in [0.25, 0.3) is 0 Å². The summed E-state index contributed by atoms with van der Waals surface area (Å²) in [4.78, 5) is 23.5. The predicted molar refractivity (Wildman–Crippen MR) is 155 cm³/mol. The van der Waals surface area contributed by atoms with Gasteiger partial charge in [0.15, 0.2) is 11.5 Å². The summed E-state index contributed by atoms with van der Waals surface area (Å²) in [5, 5.41) is 9.74. The number of hydrogen-bond acceptors (Lipinski definition) is 8. The van der Waals surface area contributed by atoms with Crippen molar-refractivity contribution in [3.63, 3.8) is 0 Å². The highest BCUT2D eigenvalue weighted by Gasteiger charge is 2.13. The normalized spacial score (nSPS) is 10.8. The van der Waals surface area contributed by atoms with E-state index in [4.69, 9.17) is 14.2 Å². The van der Waals surface area contributed by atoms with Gasteiger partial charge in [-0.05, 0) is 67.7 Å². The number of fused-ring (bicyclic) bond motifs is 1. The minimum atomic E-state index is -0.343. The Kier molecular flexibility index (Phi) is 9.36. The van der Waals surface area contributed by atoms with Gasteiger partial charge in [-0.25, -0.2) is 14.8 Å². The maximum atomic E-state index is 12.4. The van der Waals surface area contributed by atoms with Gasteiger partial charge in [0.2, 0.25) is 0 Å². The zero-order chi connectivity index (χ0) is 27.6. The van der Waals surface area contributed by atoms with Crippen LogP contribution >= 0.6 is 0 Å². The number of aromatic nitrogens is 2. The molecule has 204 valence electrons. The topological polar surface area (TPSA) is 110 Å². The molecule has 0 radical (unpaired) electrons. The summed E-state index contributed by atoms with van der Waals surface area (Å²) < 4.78 is 16.8. The molecule has 4 rings (SSSR count). The van der Waals surface area contributed by atoms with E-state index in [1.54, 1.807) is 38.5 Å². The summed E-state index contributed by atoms with van der Waals surface area (Å²) in [5.74, 6) is 2.61. The second kappa shape index (κ2) is 13.3. The van der Waals surface area contributed by atoms with Crippen molar-refractivity contribution in [2.24, 2.45) is 0 Å². The van der Waals surface area contributed by atoms with Crippen LogP contribution in [0.3, 0.4) is 0 Å². The Hall–Kier alpha value is -4.57. The number of carbonyl (C=O) groups is 1. The molecule has 1 heterocycles. The van der Waals surface area contributed by atoms with Crippen LogP contribution in [0.25, 0.3) is 10.9 Å². The lowest BCUT2D eigenvalue weighted by Gasteiger charge is -2.19. The lowest BCUT2D eigenvalue weighted by Crippen LogP contribution is -2.27. The summed E-state index contributed by atoms with van der Waals surface area (Å²) in [6.07, 6.45) is 1.51. The van der Waals surface area contributed by atoms with Crippen LogP contribution in [0.4, 0.5) is 27.7 Å². The highest BCUT2D eigenvalue weighted by molar-refractivity contribution is 6.00. The Balaban J connectivity index is 1.42. The summed E-state index contributed by atoms with van der Waals surface area (Å²) in [7, 11) is 3.21. The first-order valence-corrected chi connectivity index (χ1v) is 12.8. The molecule has 3 aromatic carbocycles. The van der Waals surface area contributed by atoms with Crippen LogP contribution in [0.15, 0.2) is 67.0 Å². The van der Waals surface area contributed by atoms with Crippen LogP contribution in [0.2, 0.25) is 0 Å². The Labute approximate surface area is 228 Å². The van der Waals surface area contributed by atoms with Crippen molar-refractivity contribution in [2.75, 3.05) is 56.4 Å². The molecule has 0 spiro atoms. The smallest absolute Gasteiger partial charge is 0.323 e. The van der Waals surface area contributed by atoms with E-state index < -0.39 is 0 Å². The lowest BCUT2D eigenvalue weighted by molar-refractivity contribution is 0.217. The lowest BCUT2D eigenvalue weighted by atomic mass is 10.2. The number of carbonyl (C=O) groups excluding carboxylic acids is 1. The van der Waals surface area contributed by atoms with Crippen molar-refractivity contribution in [1.29, 1.82) is 0 Å². The third-order valence-electron chi connectivity index (χ3n) is 6.23. The highest BCUT2D eigenvalue weighted by atomic mass is 16.5. The number of nitrogens with zero attached hydrogens (tertiary/aromatic N) is 3. The fraction of sp³-hybridized carbons (Fsp3) is 0.276. The van der Waals surface area contributed by atoms with Crippen molar-refractivity contribution in [3.05, 3.63) is 67.0 Å². The zero-order valence-corrected chi connectivity index (χ0v) is 22.7. The van der Waals surface area contributed by atoms with Crippen LogP contribution in [0.5, 0.6) is 17.2 Å². The summed E-state index contributed by atoms with van der Waals surface area (Å²) in [6, 6.07) is 17.8. The zero-order valence-electron chi connectivity index (χ0n) is 22.7. The summed E-state index contributed by atoms with van der Waals surface area (Å²) in [5.41, 5.74) is 2.84. The Bertz CT molecular complexity index is 1380. The number of benzene rings is 3. The molecule has 0 fully saturated rings. The average molecular weight is 531 g/mol. The van der Waals surface area contributed by atoms with Gasteiger partial charge in [0.05, 0.1) is 19.7 Å². The number of methoxy groups -OCH3 is 2. The monoisotopic (exact) mass is 530 g/mol. The molecule has 2 amide bonds. The van der Waals surface area contributed by atoms with Crippen LogP contribution in [0, 0.1) is 0 Å². The molecular formula is C29H34N6O4. The molecule has 0 saturated heterocycles. The van der Waals surface area contributed by atoms with E-state index in [0.717, 1.165) is 42.0 Å². The van der Waals surface area contributed by atoms with E-state index in [0.29, 0.717) is 35.3 Å². The number of rotatable bonds is 12. The van der Waals surface area contributed by atoms with Crippen molar-refractivity contribution < 1.29 is 19.0 Å². The van der Waals surface area contributed by atoms with E-state index >= 15 is 0 Å². The number of urea groups is 1. The van der Waals surface area contributed by atoms with E-state index in [1.165, 1.54) is 6.33 Å². The minimum absolute atomic E-state index is 0.343. The second-order valence-electron chi connectivity index (χ2n) is 8.63. The van der Waals surface area contributed by atoms with Crippen molar-refractivity contribution in [3.8, 4) is 17.2 Å². The third kappa shape index (κ3) is 7.26. The third-order valence-corrected chi connectivity index (χ3v) is 6.23. The molecule has 1 aromatic heterocycles. The number of amides is 2. The van der Waals surface area contributed by atoms with Gasteiger partial charge >= 0.3 is 6.03 Å². The maximum absolute atomic E-state index is 12.4. The summed E-state index contributed by atoms with van der Waals surface area (Å²) >= 11 is 0. The molecule has 39 heavy (non-hydrogen) atoms.